The summed E-state index contributed by atoms with van der Waals surface area (Å²) in [6.07, 6.45) is 0. The first-order chi connectivity index (χ1) is 7.97. The molecule has 1 saturated heterocycles. The minimum Gasteiger partial charge on any atom is -0.390 e. The highest BCUT2D eigenvalue weighted by atomic mass is 19.2. The van der Waals surface area contributed by atoms with Gasteiger partial charge in [0.2, 0.25) is 0 Å². The molecule has 1 aliphatic rings. The smallest absolute Gasteiger partial charge is 0.333 e. The highest BCUT2D eigenvalue weighted by Crippen LogP contribution is 2.23. The lowest BCUT2D eigenvalue weighted by atomic mass is 10.2. The first-order valence-electron chi connectivity index (χ1n) is 4.60. The van der Waals surface area contributed by atoms with E-state index in [0.29, 0.717) is 12.1 Å². The lowest BCUT2D eigenvalue weighted by Crippen LogP contribution is -2.43. The van der Waals surface area contributed by atoms with Crippen LogP contribution in [0.5, 0.6) is 0 Å². The molecule has 90 valence electrons. The van der Waals surface area contributed by atoms with E-state index in [1.165, 1.54) is 0 Å². The zero-order chi connectivity index (χ0) is 12.6. The third-order valence-electron chi connectivity index (χ3n) is 2.20. The summed E-state index contributed by atoms with van der Waals surface area (Å²) in [6, 6.07) is 0.950. The van der Waals surface area contributed by atoms with Crippen molar-refractivity contribution in [3.05, 3.63) is 29.6 Å². The van der Waals surface area contributed by atoms with E-state index in [-0.39, 0.29) is 5.69 Å². The van der Waals surface area contributed by atoms with Crippen LogP contribution in [0.3, 0.4) is 0 Å². The number of carbonyl (C=O) groups excluding carboxylic acids is 2. The molecule has 0 atom stereocenters. The van der Waals surface area contributed by atoms with Crippen LogP contribution in [0.2, 0.25) is 0 Å². The maximum atomic E-state index is 13.4. The van der Waals surface area contributed by atoms with E-state index in [1.807, 2.05) is 0 Å². The van der Waals surface area contributed by atoms with Gasteiger partial charge in [0.15, 0.2) is 11.6 Å². The van der Waals surface area contributed by atoms with Crippen LogP contribution in [-0.2, 0) is 14.3 Å². The summed E-state index contributed by atoms with van der Waals surface area (Å²) >= 11 is 0. The van der Waals surface area contributed by atoms with Gasteiger partial charge in [0.05, 0.1) is 5.69 Å². The van der Waals surface area contributed by atoms with Crippen molar-refractivity contribution in [3.8, 4) is 0 Å². The fraction of sp³-hybridized carbons (Fsp3) is 0.200. The molecule has 2 rings (SSSR count). The SMILES string of the molecule is O=C1CN(c2cc(F)c(F)cc2F)CC(=O)O1. The average molecular weight is 245 g/mol. The Bertz CT molecular complexity index is 488. The van der Waals surface area contributed by atoms with Crippen LogP contribution in [0.25, 0.3) is 0 Å². The van der Waals surface area contributed by atoms with Crippen molar-refractivity contribution in [1.29, 1.82) is 0 Å². The summed E-state index contributed by atoms with van der Waals surface area (Å²) in [5.41, 5.74) is -0.353. The third-order valence-corrected chi connectivity index (χ3v) is 2.20. The van der Waals surface area contributed by atoms with E-state index in [4.69, 9.17) is 0 Å². The zero-order valence-electron chi connectivity index (χ0n) is 8.37. The number of cyclic esters (lactones) is 2. The summed E-state index contributed by atoms with van der Waals surface area (Å²) in [7, 11) is 0. The van der Waals surface area contributed by atoms with Crippen LogP contribution in [0.1, 0.15) is 0 Å². The zero-order valence-corrected chi connectivity index (χ0v) is 8.37. The molecule has 17 heavy (non-hydrogen) atoms. The average Bonchev–Trinajstić information content (AvgIpc) is 2.22. The Hall–Kier alpha value is -2.05. The van der Waals surface area contributed by atoms with E-state index in [9.17, 15) is 22.8 Å². The van der Waals surface area contributed by atoms with Crippen molar-refractivity contribution in [2.45, 2.75) is 0 Å². The summed E-state index contributed by atoms with van der Waals surface area (Å²) in [6.45, 7) is -0.790. The highest BCUT2D eigenvalue weighted by Gasteiger charge is 2.27. The van der Waals surface area contributed by atoms with Crippen molar-refractivity contribution < 1.29 is 27.5 Å². The number of benzene rings is 1. The van der Waals surface area contributed by atoms with Crippen molar-refractivity contribution in [2.24, 2.45) is 0 Å². The molecular formula is C10H6F3NO3. The molecule has 0 aromatic heterocycles. The van der Waals surface area contributed by atoms with Crippen LogP contribution < -0.4 is 4.90 Å². The first kappa shape index (κ1) is 11.4. The van der Waals surface area contributed by atoms with Crippen LogP contribution in [-0.4, -0.2) is 25.0 Å². The van der Waals surface area contributed by atoms with Crippen LogP contribution in [0.15, 0.2) is 12.1 Å². The van der Waals surface area contributed by atoms with Gasteiger partial charge in [-0.05, 0) is 0 Å². The summed E-state index contributed by atoms with van der Waals surface area (Å²) < 4.78 is 43.2. The Morgan fingerprint density at radius 2 is 1.47 bits per heavy atom. The Morgan fingerprint density at radius 3 is 2.06 bits per heavy atom. The van der Waals surface area contributed by atoms with Gasteiger partial charge in [0.1, 0.15) is 18.9 Å². The number of nitrogens with zero attached hydrogens (tertiary/aromatic N) is 1. The van der Waals surface area contributed by atoms with Gasteiger partial charge in [-0.1, -0.05) is 0 Å². The Labute approximate surface area is 93.6 Å². The molecule has 0 bridgehead atoms. The second-order valence-corrected chi connectivity index (χ2v) is 3.42. The molecule has 0 saturated carbocycles. The Morgan fingerprint density at radius 1 is 0.941 bits per heavy atom. The largest absolute Gasteiger partial charge is 0.390 e. The van der Waals surface area contributed by atoms with Crippen LogP contribution in [0.4, 0.5) is 18.9 Å². The maximum Gasteiger partial charge on any atom is 0.333 e. The standard InChI is InChI=1S/C10H6F3NO3/c11-5-1-7(13)8(2-6(5)12)14-3-9(15)17-10(16)4-14/h1-2H,3-4H2. The fourth-order valence-electron chi connectivity index (χ4n) is 1.48. The molecule has 4 nitrogen and oxygen atoms in total. The molecule has 0 aliphatic carbocycles. The number of hydrogen-bond acceptors (Lipinski definition) is 4. The van der Waals surface area contributed by atoms with E-state index >= 15 is 0 Å². The predicted octanol–water partition coefficient (Wildman–Crippen LogP) is 0.994. The van der Waals surface area contributed by atoms with Crippen LogP contribution in [0, 0.1) is 17.5 Å². The molecule has 0 radical (unpaired) electrons. The molecule has 1 aliphatic heterocycles. The Balaban J connectivity index is 2.36. The molecule has 0 N–H and O–H groups in total. The molecule has 7 heteroatoms. The van der Waals surface area contributed by atoms with Gasteiger partial charge in [-0.25, -0.2) is 22.8 Å². The van der Waals surface area contributed by atoms with E-state index in [1.54, 1.807) is 0 Å². The number of morpholine rings is 1. The van der Waals surface area contributed by atoms with E-state index < -0.39 is 42.5 Å². The Kier molecular flexibility index (Phi) is 2.74. The number of carbonyl (C=O) groups is 2. The number of hydrogen-bond donors (Lipinski definition) is 0. The topological polar surface area (TPSA) is 46.6 Å². The fourth-order valence-corrected chi connectivity index (χ4v) is 1.48. The van der Waals surface area contributed by atoms with Gasteiger partial charge in [0.25, 0.3) is 0 Å². The van der Waals surface area contributed by atoms with Gasteiger partial charge < -0.3 is 9.64 Å². The molecule has 1 fully saturated rings. The van der Waals surface area contributed by atoms with Crippen molar-refractivity contribution >= 4 is 17.6 Å². The van der Waals surface area contributed by atoms with Crippen LogP contribution >= 0.6 is 0 Å². The highest BCUT2D eigenvalue weighted by molar-refractivity contribution is 5.94. The van der Waals surface area contributed by atoms with Gasteiger partial charge in [-0.2, -0.15) is 0 Å². The second kappa shape index (κ2) is 4.08. The van der Waals surface area contributed by atoms with Gasteiger partial charge in [-0.15, -0.1) is 0 Å². The van der Waals surface area contributed by atoms with Gasteiger partial charge >= 0.3 is 11.9 Å². The van der Waals surface area contributed by atoms with E-state index in [0.717, 1.165) is 4.90 Å². The van der Waals surface area contributed by atoms with Crippen molar-refractivity contribution in [3.63, 3.8) is 0 Å². The number of anilines is 1. The molecular weight excluding hydrogens is 239 g/mol. The molecule has 1 aromatic rings. The number of esters is 2. The third kappa shape index (κ3) is 2.22. The second-order valence-electron chi connectivity index (χ2n) is 3.42. The normalized spacial score (nSPS) is 16.1. The first-order valence-corrected chi connectivity index (χ1v) is 4.60. The quantitative estimate of drug-likeness (QED) is 0.420. The molecule has 0 unspecified atom stereocenters. The van der Waals surface area contributed by atoms with Crippen molar-refractivity contribution in [2.75, 3.05) is 18.0 Å². The molecule has 1 heterocycles. The monoisotopic (exact) mass is 245 g/mol. The lowest BCUT2D eigenvalue weighted by molar-refractivity contribution is -0.160. The molecule has 0 amide bonds. The number of ether oxygens (including phenoxy) is 1. The van der Waals surface area contributed by atoms with Gasteiger partial charge in [-0.3, -0.25) is 0 Å². The summed E-state index contributed by atoms with van der Waals surface area (Å²) in [4.78, 5) is 22.9. The number of rotatable bonds is 1. The van der Waals surface area contributed by atoms with E-state index in [2.05, 4.69) is 4.74 Å². The minimum atomic E-state index is -1.34. The summed E-state index contributed by atoms with van der Waals surface area (Å²) in [5, 5.41) is 0. The summed E-state index contributed by atoms with van der Waals surface area (Å²) in [5.74, 6) is -5.38. The number of halogens is 3. The molecule has 1 aromatic carbocycles. The van der Waals surface area contributed by atoms with Crippen molar-refractivity contribution in [1.82, 2.24) is 0 Å². The van der Waals surface area contributed by atoms with Gasteiger partial charge in [0, 0.05) is 12.1 Å². The minimum absolute atomic E-state index is 0.353. The maximum absolute atomic E-state index is 13.4. The molecule has 0 spiro atoms. The predicted molar refractivity (Wildman–Crippen MR) is 49.6 cm³/mol. The lowest BCUT2D eigenvalue weighted by Gasteiger charge is -2.26.